The van der Waals surface area contributed by atoms with Gasteiger partial charge < -0.3 is 5.73 Å². The summed E-state index contributed by atoms with van der Waals surface area (Å²) >= 11 is 1.31. The average molecular weight is 298 g/mol. The molecule has 21 heavy (non-hydrogen) atoms. The monoisotopic (exact) mass is 298 g/mol. The van der Waals surface area contributed by atoms with E-state index < -0.39 is 0 Å². The Labute approximate surface area is 125 Å². The molecule has 106 valence electrons. The average Bonchev–Trinajstić information content (AvgIpc) is 2.89. The van der Waals surface area contributed by atoms with Gasteiger partial charge in [0.25, 0.3) is 5.56 Å². The minimum atomic E-state index is -0.269. The molecular formula is C15H14N4OS. The van der Waals surface area contributed by atoms with Crippen molar-refractivity contribution in [1.29, 1.82) is 0 Å². The van der Waals surface area contributed by atoms with Crippen molar-refractivity contribution >= 4 is 16.5 Å². The normalized spacial score (nSPS) is 10.8. The minimum Gasteiger partial charge on any atom is -0.375 e. The molecule has 0 unspecified atom stereocenters. The summed E-state index contributed by atoms with van der Waals surface area (Å²) in [5, 5.41) is 8.90. The van der Waals surface area contributed by atoms with Gasteiger partial charge in [0.15, 0.2) is 5.13 Å². The molecule has 3 aromatic rings. The number of aryl methyl sites for hydroxylation is 2. The molecule has 0 atom stereocenters. The van der Waals surface area contributed by atoms with Crippen LogP contribution in [-0.2, 0) is 0 Å². The molecule has 0 amide bonds. The zero-order valence-corrected chi connectivity index (χ0v) is 12.5. The number of hydrogen-bond donors (Lipinski definition) is 2. The Morgan fingerprint density at radius 3 is 2.67 bits per heavy atom. The highest BCUT2D eigenvalue weighted by molar-refractivity contribution is 7.13. The Morgan fingerprint density at radius 2 is 1.95 bits per heavy atom. The predicted molar refractivity (Wildman–Crippen MR) is 85.3 cm³/mol. The second-order valence-corrected chi connectivity index (χ2v) is 5.78. The number of hydrogen-bond acceptors (Lipinski definition) is 5. The molecule has 0 saturated carbocycles. The fourth-order valence-corrected chi connectivity index (χ4v) is 2.72. The van der Waals surface area contributed by atoms with Crippen molar-refractivity contribution in [3.8, 4) is 22.5 Å². The van der Waals surface area contributed by atoms with E-state index in [1.54, 1.807) is 11.4 Å². The molecule has 3 rings (SSSR count). The minimum absolute atomic E-state index is 0.269. The topological polar surface area (TPSA) is 84.7 Å². The smallest absolute Gasteiger partial charge is 0.273 e. The molecule has 5 nitrogen and oxygen atoms in total. The molecule has 3 N–H and O–H groups in total. The van der Waals surface area contributed by atoms with Gasteiger partial charge in [-0.05, 0) is 31.5 Å². The summed E-state index contributed by atoms with van der Waals surface area (Å²) in [5.74, 6) is 0. The standard InChI is InChI=1S/C15H14N4OS/c1-8-3-4-9(2)10(5-8)12-6-11(14(20)19-18-12)13-7-21-15(16)17-13/h3-7H,1-2H3,(H2,16,17)(H,19,20). The second-order valence-electron chi connectivity index (χ2n) is 4.89. The van der Waals surface area contributed by atoms with Gasteiger partial charge in [-0.1, -0.05) is 17.7 Å². The number of aromatic nitrogens is 3. The van der Waals surface area contributed by atoms with E-state index in [0.29, 0.717) is 16.4 Å². The summed E-state index contributed by atoms with van der Waals surface area (Å²) in [4.78, 5) is 16.1. The lowest BCUT2D eigenvalue weighted by Crippen LogP contribution is -2.11. The van der Waals surface area contributed by atoms with E-state index in [2.05, 4.69) is 21.2 Å². The van der Waals surface area contributed by atoms with Gasteiger partial charge in [0, 0.05) is 10.9 Å². The maximum atomic E-state index is 12.0. The van der Waals surface area contributed by atoms with Crippen LogP contribution in [-0.4, -0.2) is 15.2 Å². The molecule has 2 heterocycles. The van der Waals surface area contributed by atoms with Crippen molar-refractivity contribution in [3.05, 3.63) is 51.1 Å². The molecule has 2 aromatic heterocycles. The van der Waals surface area contributed by atoms with E-state index in [9.17, 15) is 4.79 Å². The lowest BCUT2D eigenvalue weighted by Gasteiger charge is -2.07. The maximum absolute atomic E-state index is 12.0. The second kappa shape index (κ2) is 5.14. The lowest BCUT2D eigenvalue weighted by molar-refractivity contribution is 0.994. The van der Waals surface area contributed by atoms with Crippen molar-refractivity contribution in [3.63, 3.8) is 0 Å². The highest BCUT2D eigenvalue weighted by Gasteiger charge is 2.11. The molecule has 0 aliphatic heterocycles. The third kappa shape index (κ3) is 2.57. The van der Waals surface area contributed by atoms with Crippen LogP contribution in [0.4, 0.5) is 5.13 Å². The van der Waals surface area contributed by atoms with Crippen LogP contribution in [0, 0.1) is 13.8 Å². The number of benzene rings is 1. The van der Waals surface area contributed by atoms with Gasteiger partial charge in [-0.15, -0.1) is 11.3 Å². The fourth-order valence-electron chi connectivity index (χ4n) is 2.16. The van der Waals surface area contributed by atoms with Crippen LogP contribution in [0.25, 0.3) is 22.5 Å². The highest BCUT2D eigenvalue weighted by atomic mass is 32.1. The van der Waals surface area contributed by atoms with Crippen molar-refractivity contribution in [1.82, 2.24) is 15.2 Å². The first-order valence-corrected chi connectivity index (χ1v) is 7.31. The SMILES string of the molecule is Cc1ccc(C)c(-c2cc(-c3csc(N)n3)c(=O)[nH]n2)c1. The molecule has 0 bridgehead atoms. The van der Waals surface area contributed by atoms with E-state index in [1.807, 2.05) is 26.0 Å². The molecule has 6 heteroatoms. The largest absolute Gasteiger partial charge is 0.375 e. The van der Waals surface area contributed by atoms with Gasteiger partial charge in [0.05, 0.1) is 17.0 Å². The molecule has 0 fully saturated rings. The Morgan fingerprint density at radius 1 is 1.14 bits per heavy atom. The molecule has 0 spiro atoms. The van der Waals surface area contributed by atoms with E-state index in [0.717, 1.165) is 22.4 Å². The number of nitrogens with two attached hydrogens (primary N) is 1. The van der Waals surface area contributed by atoms with Gasteiger partial charge in [0.1, 0.15) is 0 Å². The van der Waals surface area contributed by atoms with E-state index in [4.69, 9.17) is 5.73 Å². The van der Waals surface area contributed by atoms with E-state index >= 15 is 0 Å². The van der Waals surface area contributed by atoms with Crippen LogP contribution in [0.1, 0.15) is 11.1 Å². The van der Waals surface area contributed by atoms with Gasteiger partial charge in [0.2, 0.25) is 0 Å². The van der Waals surface area contributed by atoms with Crippen molar-refractivity contribution in [2.45, 2.75) is 13.8 Å². The molecule has 0 aliphatic carbocycles. The van der Waals surface area contributed by atoms with Crippen LogP contribution >= 0.6 is 11.3 Å². The van der Waals surface area contributed by atoms with Gasteiger partial charge in [-0.25, -0.2) is 10.1 Å². The third-order valence-electron chi connectivity index (χ3n) is 3.27. The van der Waals surface area contributed by atoms with Crippen LogP contribution in [0.3, 0.4) is 0 Å². The Kier molecular flexibility index (Phi) is 3.31. The number of aromatic amines is 1. The summed E-state index contributed by atoms with van der Waals surface area (Å²) in [5.41, 5.74) is 10.4. The zero-order chi connectivity index (χ0) is 15.0. The summed E-state index contributed by atoms with van der Waals surface area (Å²) in [7, 11) is 0. The van der Waals surface area contributed by atoms with E-state index in [1.165, 1.54) is 11.3 Å². The number of nitrogen functional groups attached to an aromatic ring is 1. The van der Waals surface area contributed by atoms with Crippen LogP contribution in [0.2, 0.25) is 0 Å². The van der Waals surface area contributed by atoms with Crippen molar-refractivity contribution in [2.75, 3.05) is 5.73 Å². The van der Waals surface area contributed by atoms with Crippen molar-refractivity contribution < 1.29 is 0 Å². The number of anilines is 1. The summed E-state index contributed by atoms with van der Waals surface area (Å²) < 4.78 is 0. The highest BCUT2D eigenvalue weighted by Crippen LogP contribution is 2.26. The van der Waals surface area contributed by atoms with Gasteiger partial charge in [-0.2, -0.15) is 5.10 Å². The number of nitrogens with zero attached hydrogens (tertiary/aromatic N) is 2. The van der Waals surface area contributed by atoms with Crippen molar-refractivity contribution in [2.24, 2.45) is 0 Å². The molecule has 0 aliphatic rings. The first-order chi connectivity index (χ1) is 10.0. The van der Waals surface area contributed by atoms with Gasteiger partial charge >= 0.3 is 0 Å². The number of rotatable bonds is 2. The number of nitrogens with one attached hydrogen (secondary N) is 1. The predicted octanol–water partition coefficient (Wildman–Crippen LogP) is 2.76. The number of thiazole rings is 1. The third-order valence-corrected chi connectivity index (χ3v) is 3.94. The van der Waals surface area contributed by atoms with Crippen LogP contribution in [0.5, 0.6) is 0 Å². The lowest BCUT2D eigenvalue weighted by atomic mass is 10.0. The Balaban J connectivity index is 2.18. The number of H-pyrrole nitrogens is 1. The molecule has 1 aromatic carbocycles. The summed E-state index contributed by atoms with van der Waals surface area (Å²) in [6, 6.07) is 7.90. The molecule has 0 radical (unpaired) electrons. The molecule has 0 saturated heterocycles. The zero-order valence-electron chi connectivity index (χ0n) is 11.7. The first-order valence-electron chi connectivity index (χ1n) is 6.43. The Bertz CT molecular complexity index is 866. The summed E-state index contributed by atoms with van der Waals surface area (Å²) in [6.07, 6.45) is 0. The summed E-state index contributed by atoms with van der Waals surface area (Å²) in [6.45, 7) is 4.04. The molecular weight excluding hydrogens is 284 g/mol. The Hall–Kier alpha value is -2.47. The fraction of sp³-hybridized carbons (Fsp3) is 0.133. The van der Waals surface area contributed by atoms with Crippen LogP contribution in [0.15, 0.2) is 34.4 Å². The van der Waals surface area contributed by atoms with Gasteiger partial charge in [-0.3, -0.25) is 4.79 Å². The first kappa shape index (κ1) is 13.5. The van der Waals surface area contributed by atoms with E-state index in [-0.39, 0.29) is 5.56 Å². The maximum Gasteiger partial charge on any atom is 0.273 e. The quantitative estimate of drug-likeness (QED) is 0.762. The van der Waals surface area contributed by atoms with Crippen LogP contribution < -0.4 is 11.3 Å².